The number of hydrogen-bond donors (Lipinski definition) is 3. The molecule has 1 saturated carbocycles. The summed E-state index contributed by atoms with van der Waals surface area (Å²) in [6, 6.07) is 19.5. The minimum Gasteiger partial charge on any atom is -0.368 e. The number of hydrogen-bond acceptors (Lipinski definition) is 5. The minimum absolute atomic E-state index is 0.0228. The van der Waals surface area contributed by atoms with Crippen molar-refractivity contribution >= 4 is 15.9 Å². The molecular weight excluding hydrogens is 570 g/mol. The van der Waals surface area contributed by atoms with Crippen LogP contribution in [0.25, 0.3) is 0 Å². The molecule has 3 aromatic rings. The number of halogens is 2. The van der Waals surface area contributed by atoms with Crippen molar-refractivity contribution < 1.29 is 22.0 Å². The van der Waals surface area contributed by atoms with E-state index in [4.69, 9.17) is 5.73 Å². The zero-order valence-electron chi connectivity index (χ0n) is 24.2. The Hall–Kier alpha value is -3.18. The van der Waals surface area contributed by atoms with E-state index in [1.807, 2.05) is 0 Å². The summed E-state index contributed by atoms with van der Waals surface area (Å²) < 4.78 is 56.3. The highest BCUT2D eigenvalue weighted by atomic mass is 32.2. The fourth-order valence-corrected chi connectivity index (χ4v) is 8.38. The quantitative estimate of drug-likeness (QED) is 0.296. The maximum Gasteiger partial charge on any atom is 0.243 e. The van der Waals surface area contributed by atoms with Crippen LogP contribution in [0.5, 0.6) is 0 Å². The molecule has 3 aromatic carbocycles. The van der Waals surface area contributed by atoms with Crippen molar-refractivity contribution in [3.63, 3.8) is 0 Å². The third-order valence-electron chi connectivity index (χ3n) is 8.92. The van der Waals surface area contributed by atoms with Crippen LogP contribution in [0.3, 0.4) is 0 Å². The number of nitrogens with zero attached hydrogens (tertiary/aromatic N) is 1. The molecule has 0 spiro atoms. The predicted octanol–water partition coefficient (Wildman–Crippen LogP) is 4.54. The first-order valence-electron chi connectivity index (χ1n) is 15.1. The lowest BCUT2D eigenvalue weighted by atomic mass is 9.78. The van der Waals surface area contributed by atoms with Crippen LogP contribution >= 0.6 is 0 Å². The first-order chi connectivity index (χ1) is 20.7. The number of nitrogens with two attached hydrogens (primary N) is 1. The molecule has 0 aromatic heterocycles. The summed E-state index contributed by atoms with van der Waals surface area (Å²) in [5, 5.41) is 6.93. The average molecular weight is 611 g/mol. The molecule has 7 nitrogen and oxygen atoms in total. The predicted molar refractivity (Wildman–Crippen MR) is 163 cm³/mol. The fraction of sp³-hybridized carbons (Fsp3) is 0.424. The van der Waals surface area contributed by atoms with Gasteiger partial charge in [0.05, 0.1) is 10.9 Å². The van der Waals surface area contributed by atoms with Crippen LogP contribution in [0.15, 0.2) is 83.8 Å². The molecule has 43 heavy (non-hydrogen) atoms. The van der Waals surface area contributed by atoms with Gasteiger partial charge in [0.25, 0.3) is 0 Å². The van der Waals surface area contributed by atoms with Crippen molar-refractivity contribution in [2.45, 2.75) is 67.5 Å². The van der Waals surface area contributed by atoms with E-state index in [0.717, 1.165) is 32.1 Å². The van der Waals surface area contributed by atoms with Crippen molar-refractivity contribution in [3.05, 3.63) is 102 Å². The van der Waals surface area contributed by atoms with E-state index in [1.54, 1.807) is 58.9 Å². The van der Waals surface area contributed by atoms with Crippen LogP contribution in [-0.4, -0.2) is 56.4 Å². The van der Waals surface area contributed by atoms with Gasteiger partial charge in [-0.1, -0.05) is 55.3 Å². The van der Waals surface area contributed by atoms with Gasteiger partial charge in [0, 0.05) is 37.6 Å². The summed E-state index contributed by atoms with van der Waals surface area (Å²) in [4.78, 5) is 13.3. The standard InChI is InChI=1S/C33H40F2N4O3S/c34-26-15-10-24(11-16-26)31(25-12-17-27(35)18-13-25)32(33(36)40)38-30-9-5-4-6-23(30)14-19-28-22-37-20-21-39(28)43(41,42)29-7-2-1-3-8-29/h1-3,7-8,10-13,15-18,23,28,30-32,37-38H,4-6,9,14,19-22H2,(H2,36,40)/t23-,28-,30+,32-/m0/s1. The number of primary amides is 1. The number of rotatable bonds is 11. The Morgan fingerprint density at radius 2 is 1.51 bits per heavy atom. The molecular formula is C33H40F2N4O3S. The van der Waals surface area contributed by atoms with Gasteiger partial charge in [-0.3, -0.25) is 4.79 Å². The smallest absolute Gasteiger partial charge is 0.243 e. The third kappa shape index (κ3) is 7.49. The summed E-state index contributed by atoms with van der Waals surface area (Å²) in [5.74, 6) is -1.66. The summed E-state index contributed by atoms with van der Waals surface area (Å²) in [6.45, 7) is 1.59. The third-order valence-corrected chi connectivity index (χ3v) is 10.9. The molecule has 230 valence electrons. The number of carbonyl (C=O) groups is 1. The van der Waals surface area contributed by atoms with Crippen LogP contribution in [0, 0.1) is 17.6 Å². The number of piperazine rings is 1. The van der Waals surface area contributed by atoms with Crippen LogP contribution in [-0.2, 0) is 14.8 Å². The second kappa shape index (κ2) is 14.1. The van der Waals surface area contributed by atoms with Gasteiger partial charge in [0.2, 0.25) is 15.9 Å². The Morgan fingerprint density at radius 3 is 2.12 bits per heavy atom. The molecule has 10 heteroatoms. The first kappa shape index (κ1) is 31.3. The molecule has 4 N–H and O–H groups in total. The molecule has 4 atom stereocenters. The maximum atomic E-state index is 13.8. The summed E-state index contributed by atoms with van der Waals surface area (Å²) in [5.41, 5.74) is 7.42. The van der Waals surface area contributed by atoms with Gasteiger partial charge >= 0.3 is 0 Å². The van der Waals surface area contributed by atoms with E-state index in [2.05, 4.69) is 10.6 Å². The highest BCUT2D eigenvalue weighted by Gasteiger charge is 2.37. The number of sulfonamides is 1. The Bertz CT molecular complexity index is 1410. The van der Waals surface area contributed by atoms with Crippen LogP contribution < -0.4 is 16.4 Å². The SMILES string of the molecule is NC(=O)[C@@H](N[C@@H]1CCCC[C@H]1CC[C@H]1CNCCN1S(=O)(=O)c1ccccc1)C(c1ccc(F)cc1)c1ccc(F)cc1. The molecule has 2 aliphatic rings. The van der Waals surface area contributed by atoms with E-state index in [1.165, 1.54) is 24.3 Å². The normalized spacial score (nSPS) is 22.3. The van der Waals surface area contributed by atoms with Gasteiger partial charge in [0.1, 0.15) is 11.6 Å². The molecule has 2 fully saturated rings. The van der Waals surface area contributed by atoms with Gasteiger partial charge in [-0.25, -0.2) is 17.2 Å². The molecule has 0 radical (unpaired) electrons. The molecule has 5 rings (SSSR count). The summed E-state index contributed by atoms with van der Waals surface area (Å²) >= 11 is 0. The van der Waals surface area contributed by atoms with Crippen molar-refractivity contribution in [2.24, 2.45) is 11.7 Å². The van der Waals surface area contributed by atoms with Crippen LogP contribution in [0.1, 0.15) is 55.6 Å². The Kier molecular flexibility index (Phi) is 10.2. The van der Waals surface area contributed by atoms with E-state index < -0.39 is 39.5 Å². The Labute approximate surface area is 252 Å². The fourth-order valence-electron chi connectivity index (χ4n) is 6.70. The van der Waals surface area contributed by atoms with E-state index in [-0.39, 0.29) is 18.0 Å². The topological polar surface area (TPSA) is 105 Å². The van der Waals surface area contributed by atoms with Gasteiger partial charge < -0.3 is 16.4 Å². The summed E-state index contributed by atoms with van der Waals surface area (Å²) in [7, 11) is -3.62. The van der Waals surface area contributed by atoms with Crippen LogP contribution in [0.2, 0.25) is 0 Å². The van der Waals surface area contributed by atoms with E-state index in [0.29, 0.717) is 42.1 Å². The average Bonchev–Trinajstić information content (AvgIpc) is 3.02. The lowest BCUT2D eigenvalue weighted by molar-refractivity contribution is -0.120. The number of carbonyl (C=O) groups excluding carboxylic acids is 1. The van der Waals surface area contributed by atoms with Gasteiger partial charge in [0.15, 0.2) is 0 Å². The lowest BCUT2D eigenvalue weighted by Gasteiger charge is -2.39. The van der Waals surface area contributed by atoms with E-state index >= 15 is 0 Å². The highest BCUT2D eigenvalue weighted by molar-refractivity contribution is 7.89. The van der Waals surface area contributed by atoms with Crippen molar-refractivity contribution in [1.29, 1.82) is 0 Å². The molecule has 1 aliphatic carbocycles. The monoisotopic (exact) mass is 610 g/mol. The second-order valence-corrected chi connectivity index (χ2v) is 13.5. The van der Waals surface area contributed by atoms with Gasteiger partial charge in [-0.15, -0.1) is 0 Å². The zero-order chi connectivity index (χ0) is 30.4. The second-order valence-electron chi connectivity index (χ2n) is 11.6. The zero-order valence-corrected chi connectivity index (χ0v) is 25.0. The maximum absolute atomic E-state index is 13.8. The number of amides is 1. The largest absolute Gasteiger partial charge is 0.368 e. The van der Waals surface area contributed by atoms with Crippen molar-refractivity contribution in [3.8, 4) is 0 Å². The molecule has 0 unspecified atom stereocenters. The lowest BCUT2D eigenvalue weighted by Crippen LogP contribution is -2.54. The minimum atomic E-state index is -3.62. The molecule has 1 saturated heterocycles. The van der Waals surface area contributed by atoms with Crippen LogP contribution in [0.4, 0.5) is 8.78 Å². The van der Waals surface area contributed by atoms with Gasteiger partial charge in [-0.2, -0.15) is 4.31 Å². The molecule has 1 heterocycles. The first-order valence-corrected chi connectivity index (χ1v) is 16.5. The highest BCUT2D eigenvalue weighted by Crippen LogP contribution is 2.34. The Morgan fingerprint density at radius 1 is 0.907 bits per heavy atom. The Balaban J connectivity index is 1.35. The molecule has 1 amide bonds. The molecule has 1 aliphatic heterocycles. The molecule has 0 bridgehead atoms. The van der Waals surface area contributed by atoms with Crippen molar-refractivity contribution in [2.75, 3.05) is 19.6 Å². The number of nitrogens with one attached hydrogen (secondary N) is 2. The van der Waals surface area contributed by atoms with E-state index in [9.17, 15) is 22.0 Å². The van der Waals surface area contributed by atoms with Gasteiger partial charge in [-0.05, 0) is 79.1 Å². The van der Waals surface area contributed by atoms with Crippen molar-refractivity contribution in [1.82, 2.24) is 14.9 Å². The number of benzene rings is 3. The summed E-state index contributed by atoms with van der Waals surface area (Å²) in [6.07, 6.45) is 5.32.